The van der Waals surface area contributed by atoms with E-state index >= 15 is 0 Å². The van der Waals surface area contributed by atoms with E-state index < -0.39 is 11.7 Å². The Morgan fingerprint density at radius 2 is 2.00 bits per heavy atom. The van der Waals surface area contributed by atoms with Crippen LogP contribution in [0.1, 0.15) is 30.5 Å². The first-order valence-electron chi connectivity index (χ1n) is 7.08. The van der Waals surface area contributed by atoms with Gasteiger partial charge in [0.2, 0.25) is 5.91 Å². The van der Waals surface area contributed by atoms with Crippen LogP contribution in [0.4, 0.5) is 13.2 Å². The fourth-order valence-electron chi connectivity index (χ4n) is 2.49. The fraction of sp³-hybridized carbons (Fsp3) is 0.571. The molecule has 5 N–H and O–H groups in total. The summed E-state index contributed by atoms with van der Waals surface area (Å²) < 4.78 is 37.2. The Hall–Kier alpha value is -1.67. The number of rotatable bonds is 3. The number of hydrogen-bond donors (Lipinski definition) is 3. The number of nitrogens with two attached hydrogens (primary N) is 2. The Kier molecular flexibility index (Phi) is 5.02. The maximum atomic E-state index is 12.4. The highest BCUT2D eigenvalue weighted by molar-refractivity contribution is 5.78. The number of nitrogens with one attached hydrogen (secondary N) is 1. The largest absolute Gasteiger partial charge is 0.417 e. The lowest BCUT2D eigenvalue weighted by Crippen LogP contribution is -2.48. The van der Waals surface area contributed by atoms with Crippen molar-refractivity contribution < 1.29 is 18.0 Å². The third kappa shape index (κ3) is 4.17. The first-order valence-corrected chi connectivity index (χ1v) is 7.08. The van der Waals surface area contributed by atoms with E-state index in [0.717, 1.165) is 12.3 Å². The van der Waals surface area contributed by atoms with E-state index in [0.29, 0.717) is 25.0 Å². The molecule has 122 valence electrons. The predicted molar refractivity (Wildman–Crippen MR) is 74.4 cm³/mol. The normalized spacial score (nSPS) is 25.8. The lowest BCUT2D eigenvalue weighted by atomic mass is 9.82. The highest BCUT2D eigenvalue weighted by Gasteiger charge is 2.31. The topological polar surface area (TPSA) is 94.0 Å². The first kappa shape index (κ1) is 16.7. The molecule has 3 unspecified atom stereocenters. The number of nitrogens with zero attached hydrogens (tertiary/aromatic N) is 1. The average molecular weight is 316 g/mol. The molecular weight excluding hydrogens is 297 g/mol. The fourth-order valence-corrected chi connectivity index (χ4v) is 2.49. The van der Waals surface area contributed by atoms with Crippen LogP contribution >= 0.6 is 0 Å². The molecule has 1 aromatic heterocycles. The molecule has 0 saturated heterocycles. The van der Waals surface area contributed by atoms with Gasteiger partial charge in [0.15, 0.2) is 0 Å². The molecule has 22 heavy (non-hydrogen) atoms. The van der Waals surface area contributed by atoms with Crippen molar-refractivity contribution in [2.75, 3.05) is 0 Å². The van der Waals surface area contributed by atoms with Gasteiger partial charge in [-0.15, -0.1) is 0 Å². The van der Waals surface area contributed by atoms with Crippen LogP contribution < -0.4 is 16.8 Å². The second kappa shape index (κ2) is 6.62. The maximum absolute atomic E-state index is 12.4. The van der Waals surface area contributed by atoms with Crippen molar-refractivity contribution in [3.05, 3.63) is 29.6 Å². The van der Waals surface area contributed by atoms with E-state index in [1.165, 1.54) is 6.07 Å². The van der Waals surface area contributed by atoms with E-state index in [1.807, 2.05) is 0 Å². The SMILES string of the molecule is NC1CCC(C(=O)NCc2ccc(C(F)(F)F)cn2)CC1N. The van der Waals surface area contributed by atoms with Crippen LogP contribution in [0.25, 0.3) is 0 Å². The molecule has 3 atom stereocenters. The summed E-state index contributed by atoms with van der Waals surface area (Å²) in [5.74, 6) is -0.367. The highest BCUT2D eigenvalue weighted by Crippen LogP contribution is 2.28. The van der Waals surface area contributed by atoms with Crippen LogP contribution in [0.15, 0.2) is 18.3 Å². The van der Waals surface area contributed by atoms with Crippen molar-refractivity contribution in [3.63, 3.8) is 0 Å². The van der Waals surface area contributed by atoms with E-state index in [2.05, 4.69) is 10.3 Å². The van der Waals surface area contributed by atoms with Crippen molar-refractivity contribution >= 4 is 5.91 Å². The minimum Gasteiger partial charge on any atom is -0.350 e. The monoisotopic (exact) mass is 316 g/mol. The summed E-state index contributed by atoms with van der Waals surface area (Å²) >= 11 is 0. The minimum atomic E-state index is -4.41. The molecule has 1 amide bonds. The third-order valence-electron chi connectivity index (χ3n) is 3.92. The van der Waals surface area contributed by atoms with Crippen molar-refractivity contribution in [1.29, 1.82) is 0 Å². The lowest BCUT2D eigenvalue weighted by molar-refractivity contribution is -0.137. The molecule has 1 saturated carbocycles. The van der Waals surface area contributed by atoms with Crippen LogP contribution in [-0.4, -0.2) is 23.0 Å². The molecule has 2 rings (SSSR count). The smallest absolute Gasteiger partial charge is 0.350 e. The number of amides is 1. The molecule has 0 aliphatic heterocycles. The second-order valence-corrected chi connectivity index (χ2v) is 5.59. The van der Waals surface area contributed by atoms with Crippen LogP contribution in [0, 0.1) is 5.92 Å². The maximum Gasteiger partial charge on any atom is 0.417 e. The number of carbonyl (C=O) groups excluding carboxylic acids is 1. The van der Waals surface area contributed by atoms with Gasteiger partial charge in [0.25, 0.3) is 0 Å². The zero-order chi connectivity index (χ0) is 16.3. The molecule has 1 aliphatic rings. The molecule has 0 spiro atoms. The molecule has 0 aromatic carbocycles. The van der Waals surface area contributed by atoms with Crippen LogP contribution in [0.2, 0.25) is 0 Å². The summed E-state index contributed by atoms with van der Waals surface area (Å²) in [6.07, 6.45) is -1.77. The van der Waals surface area contributed by atoms with Gasteiger partial charge in [-0.3, -0.25) is 9.78 Å². The third-order valence-corrected chi connectivity index (χ3v) is 3.92. The van der Waals surface area contributed by atoms with Gasteiger partial charge in [0.1, 0.15) is 0 Å². The first-order chi connectivity index (χ1) is 10.3. The predicted octanol–water partition coefficient (Wildman–Crippen LogP) is 1.17. The second-order valence-electron chi connectivity index (χ2n) is 5.59. The molecule has 5 nitrogen and oxygen atoms in total. The van der Waals surface area contributed by atoms with Crippen LogP contribution in [0.3, 0.4) is 0 Å². The van der Waals surface area contributed by atoms with Gasteiger partial charge in [-0.25, -0.2) is 0 Å². The Morgan fingerprint density at radius 1 is 1.27 bits per heavy atom. The summed E-state index contributed by atoms with van der Waals surface area (Å²) in [7, 11) is 0. The van der Waals surface area contributed by atoms with E-state index in [4.69, 9.17) is 11.5 Å². The van der Waals surface area contributed by atoms with E-state index in [1.54, 1.807) is 0 Å². The molecule has 0 bridgehead atoms. The zero-order valence-electron chi connectivity index (χ0n) is 11.9. The average Bonchev–Trinajstić information content (AvgIpc) is 2.47. The molecule has 8 heteroatoms. The zero-order valence-corrected chi connectivity index (χ0v) is 11.9. The number of hydrogen-bond acceptors (Lipinski definition) is 4. The molecule has 1 aliphatic carbocycles. The van der Waals surface area contributed by atoms with Crippen LogP contribution in [0.5, 0.6) is 0 Å². The summed E-state index contributed by atoms with van der Waals surface area (Å²) in [6.45, 7) is 0.0920. The number of alkyl halides is 3. The quantitative estimate of drug-likeness (QED) is 0.780. The van der Waals surface area contributed by atoms with Gasteiger partial charge < -0.3 is 16.8 Å². The van der Waals surface area contributed by atoms with E-state index in [-0.39, 0.29) is 30.5 Å². The molecule has 1 heterocycles. The Balaban J connectivity index is 1.86. The number of aromatic nitrogens is 1. The van der Waals surface area contributed by atoms with Gasteiger partial charge in [0, 0.05) is 24.2 Å². The highest BCUT2D eigenvalue weighted by atomic mass is 19.4. The Labute approximate surface area is 126 Å². The van der Waals surface area contributed by atoms with Crippen molar-refractivity contribution in [3.8, 4) is 0 Å². The molecular formula is C14H19F3N4O. The summed E-state index contributed by atoms with van der Waals surface area (Å²) in [5, 5.41) is 2.68. The lowest BCUT2D eigenvalue weighted by Gasteiger charge is -2.30. The standard InChI is InChI=1S/C14H19F3N4O/c15-14(16,17)9-2-3-10(20-6-9)7-21-13(22)8-1-4-11(18)12(19)5-8/h2-3,6,8,11-12H,1,4-5,7,18-19H2,(H,21,22). The van der Waals surface area contributed by atoms with Crippen LogP contribution in [-0.2, 0) is 17.5 Å². The minimum absolute atomic E-state index is 0.0828. The summed E-state index contributed by atoms with van der Waals surface area (Å²) in [6, 6.07) is 1.92. The van der Waals surface area contributed by atoms with Crippen molar-refractivity contribution in [1.82, 2.24) is 10.3 Å². The van der Waals surface area contributed by atoms with Gasteiger partial charge in [-0.05, 0) is 31.4 Å². The van der Waals surface area contributed by atoms with Gasteiger partial charge in [-0.1, -0.05) is 0 Å². The van der Waals surface area contributed by atoms with Crippen molar-refractivity contribution in [2.45, 2.75) is 44.1 Å². The Bertz CT molecular complexity index is 518. The molecule has 0 radical (unpaired) electrons. The van der Waals surface area contributed by atoms with Gasteiger partial charge in [0.05, 0.1) is 17.8 Å². The number of carbonyl (C=O) groups is 1. The van der Waals surface area contributed by atoms with Gasteiger partial charge in [-0.2, -0.15) is 13.2 Å². The van der Waals surface area contributed by atoms with Gasteiger partial charge >= 0.3 is 6.18 Å². The molecule has 1 aromatic rings. The summed E-state index contributed by atoms with van der Waals surface area (Å²) in [5.41, 5.74) is 11.2. The molecule has 1 fully saturated rings. The number of pyridine rings is 1. The Morgan fingerprint density at radius 3 is 2.55 bits per heavy atom. The summed E-state index contributed by atoms with van der Waals surface area (Å²) in [4.78, 5) is 15.7. The van der Waals surface area contributed by atoms with E-state index in [9.17, 15) is 18.0 Å². The van der Waals surface area contributed by atoms with Crippen molar-refractivity contribution in [2.24, 2.45) is 17.4 Å². The number of halogens is 3.